The SMILES string of the molecule is CCOc1cc(CN2CCC(OCC)CC2)cc(Br)c1O. The van der Waals surface area contributed by atoms with Crippen LogP contribution in [-0.4, -0.2) is 42.4 Å². The number of halogens is 1. The van der Waals surface area contributed by atoms with Crippen LogP contribution in [0.1, 0.15) is 32.3 Å². The van der Waals surface area contributed by atoms with Crippen molar-refractivity contribution >= 4 is 15.9 Å². The lowest BCUT2D eigenvalue weighted by molar-refractivity contribution is 0.0125. The van der Waals surface area contributed by atoms with E-state index in [4.69, 9.17) is 9.47 Å². The smallest absolute Gasteiger partial charge is 0.172 e. The van der Waals surface area contributed by atoms with E-state index in [1.54, 1.807) is 0 Å². The molecule has 1 aromatic carbocycles. The molecule has 1 aliphatic heterocycles. The van der Waals surface area contributed by atoms with Gasteiger partial charge in [0.15, 0.2) is 11.5 Å². The Labute approximate surface area is 135 Å². The van der Waals surface area contributed by atoms with Crippen molar-refractivity contribution in [2.45, 2.75) is 39.3 Å². The van der Waals surface area contributed by atoms with Crippen LogP contribution in [0.4, 0.5) is 0 Å². The number of hydrogen-bond donors (Lipinski definition) is 1. The van der Waals surface area contributed by atoms with Crippen molar-refractivity contribution in [2.75, 3.05) is 26.3 Å². The minimum atomic E-state index is 0.177. The first-order chi connectivity index (χ1) is 10.1. The first-order valence-electron chi connectivity index (χ1n) is 7.62. The zero-order valence-corrected chi connectivity index (χ0v) is 14.4. The number of rotatable bonds is 6. The molecule has 1 heterocycles. The minimum absolute atomic E-state index is 0.177. The van der Waals surface area contributed by atoms with Gasteiger partial charge in [0.2, 0.25) is 0 Å². The Morgan fingerprint density at radius 3 is 2.57 bits per heavy atom. The highest BCUT2D eigenvalue weighted by atomic mass is 79.9. The number of likely N-dealkylation sites (tertiary alicyclic amines) is 1. The molecule has 0 aromatic heterocycles. The molecule has 1 aliphatic rings. The van der Waals surface area contributed by atoms with Crippen molar-refractivity contribution in [3.63, 3.8) is 0 Å². The van der Waals surface area contributed by atoms with E-state index in [9.17, 15) is 5.11 Å². The van der Waals surface area contributed by atoms with Gasteiger partial charge < -0.3 is 14.6 Å². The molecule has 0 aliphatic carbocycles. The second kappa shape index (κ2) is 8.01. The van der Waals surface area contributed by atoms with E-state index in [1.165, 1.54) is 0 Å². The van der Waals surface area contributed by atoms with E-state index in [1.807, 2.05) is 19.1 Å². The zero-order valence-electron chi connectivity index (χ0n) is 12.8. The molecule has 0 atom stereocenters. The number of hydrogen-bond acceptors (Lipinski definition) is 4. The third-order valence-electron chi connectivity index (χ3n) is 3.73. The summed E-state index contributed by atoms with van der Waals surface area (Å²) in [6.07, 6.45) is 2.59. The molecule has 2 rings (SSSR count). The molecular formula is C16H24BrNO3. The molecular weight excluding hydrogens is 334 g/mol. The first kappa shape index (κ1) is 16.6. The van der Waals surface area contributed by atoms with E-state index >= 15 is 0 Å². The van der Waals surface area contributed by atoms with Gasteiger partial charge in [0.1, 0.15) is 0 Å². The molecule has 5 heteroatoms. The molecule has 1 aromatic rings. The average molecular weight is 358 g/mol. The van der Waals surface area contributed by atoms with E-state index in [2.05, 4.69) is 27.8 Å². The van der Waals surface area contributed by atoms with E-state index in [0.29, 0.717) is 22.9 Å². The number of phenolic OH excluding ortho intramolecular Hbond substituents is 1. The van der Waals surface area contributed by atoms with Gasteiger partial charge in [0, 0.05) is 26.2 Å². The Hall–Kier alpha value is -0.780. The summed E-state index contributed by atoms with van der Waals surface area (Å²) < 4.78 is 11.8. The van der Waals surface area contributed by atoms with Crippen molar-refractivity contribution < 1.29 is 14.6 Å². The van der Waals surface area contributed by atoms with Crippen LogP contribution < -0.4 is 4.74 Å². The summed E-state index contributed by atoms with van der Waals surface area (Å²) >= 11 is 3.39. The lowest BCUT2D eigenvalue weighted by atomic mass is 10.1. The van der Waals surface area contributed by atoms with E-state index in [-0.39, 0.29) is 5.75 Å². The highest BCUT2D eigenvalue weighted by molar-refractivity contribution is 9.10. The monoisotopic (exact) mass is 357 g/mol. The number of ether oxygens (including phenoxy) is 2. The van der Waals surface area contributed by atoms with Gasteiger partial charge in [-0.3, -0.25) is 4.90 Å². The molecule has 0 radical (unpaired) electrons. The molecule has 0 unspecified atom stereocenters. The quantitative estimate of drug-likeness (QED) is 0.845. The first-order valence-corrected chi connectivity index (χ1v) is 8.41. The standard InChI is InChI=1S/C16H24BrNO3/c1-3-20-13-5-7-18(8-6-13)11-12-9-14(17)16(19)15(10-12)21-4-2/h9-10,13,19H,3-8,11H2,1-2H3. The number of aromatic hydroxyl groups is 1. The topological polar surface area (TPSA) is 41.9 Å². The summed E-state index contributed by atoms with van der Waals surface area (Å²) in [6, 6.07) is 3.89. The van der Waals surface area contributed by atoms with Crippen LogP contribution in [0.2, 0.25) is 0 Å². The summed E-state index contributed by atoms with van der Waals surface area (Å²) in [6.45, 7) is 8.28. The highest BCUT2D eigenvalue weighted by Crippen LogP contribution is 2.36. The maximum Gasteiger partial charge on any atom is 0.172 e. The second-order valence-corrected chi connectivity index (χ2v) is 6.14. The van der Waals surface area contributed by atoms with Crippen molar-refractivity contribution in [1.82, 2.24) is 4.90 Å². The third-order valence-corrected chi connectivity index (χ3v) is 4.34. The van der Waals surface area contributed by atoms with Crippen LogP contribution >= 0.6 is 15.9 Å². The lowest BCUT2D eigenvalue weighted by Gasteiger charge is -2.31. The number of piperidine rings is 1. The molecule has 21 heavy (non-hydrogen) atoms. The number of phenols is 1. The molecule has 1 saturated heterocycles. The van der Waals surface area contributed by atoms with Crippen molar-refractivity contribution in [3.8, 4) is 11.5 Å². The molecule has 1 fully saturated rings. The summed E-state index contributed by atoms with van der Waals surface area (Å²) in [5.74, 6) is 0.724. The van der Waals surface area contributed by atoms with Gasteiger partial charge in [-0.2, -0.15) is 0 Å². The van der Waals surface area contributed by atoms with E-state index in [0.717, 1.165) is 44.6 Å². The summed E-state index contributed by atoms with van der Waals surface area (Å²) in [4.78, 5) is 2.42. The maximum absolute atomic E-state index is 9.95. The highest BCUT2D eigenvalue weighted by Gasteiger charge is 2.20. The Morgan fingerprint density at radius 2 is 1.95 bits per heavy atom. The molecule has 118 valence electrons. The molecule has 4 nitrogen and oxygen atoms in total. The van der Waals surface area contributed by atoms with Crippen molar-refractivity contribution in [3.05, 3.63) is 22.2 Å². The van der Waals surface area contributed by atoms with Crippen LogP contribution in [-0.2, 0) is 11.3 Å². The minimum Gasteiger partial charge on any atom is -0.503 e. The van der Waals surface area contributed by atoms with Gasteiger partial charge in [-0.25, -0.2) is 0 Å². The Kier molecular flexibility index (Phi) is 6.33. The fourth-order valence-electron chi connectivity index (χ4n) is 2.71. The van der Waals surface area contributed by atoms with Crippen molar-refractivity contribution in [1.29, 1.82) is 0 Å². The summed E-state index contributed by atoms with van der Waals surface area (Å²) in [5, 5.41) is 9.95. The predicted molar refractivity (Wildman–Crippen MR) is 86.9 cm³/mol. The third kappa shape index (κ3) is 4.59. The Morgan fingerprint density at radius 1 is 1.24 bits per heavy atom. The van der Waals surface area contributed by atoms with Crippen LogP contribution in [0, 0.1) is 0 Å². The van der Waals surface area contributed by atoms with Crippen LogP contribution in [0.15, 0.2) is 16.6 Å². The van der Waals surface area contributed by atoms with Gasteiger partial charge in [-0.15, -0.1) is 0 Å². The second-order valence-electron chi connectivity index (χ2n) is 5.29. The van der Waals surface area contributed by atoms with Crippen LogP contribution in [0.25, 0.3) is 0 Å². The molecule has 0 spiro atoms. The van der Waals surface area contributed by atoms with Gasteiger partial charge in [-0.1, -0.05) is 0 Å². The van der Waals surface area contributed by atoms with Crippen LogP contribution in [0.3, 0.4) is 0 Å². The average Bonchev–Trinajstić information content (AvgIpc) is 2.47. The lowest BCUT2D eigenvalue weighted by Crippen LogP contribution is -2.36. The maximum atomic E-state index is 9.95. The largest absolute Gasteiger partial charge is 0.503 e. The zero-order chi connectivity index (χ0) is 15.2. The summed E-state index contributed by atoms with van der Waals surface area (Å²) in [5.41, 5.74) is 1.15. The Balaban J connectivity index is 1.97. The molecule has 1 N–H and O–H groups in total. The van der Waals surface area contributed by atoms with Gasteiger partial charge in [0.05, 0.1) is 17.2 Å². The molecule has 0 amide bonds. The Bertz CT molecular complexity index is 459. The molecule has 0 saturated carbocycles. The van der Waals surface area contributed by atoms with Gasteiger partial charge in [0.25, 0.3) is 0 Å². The van der Waals surface area contributed by atoms with Crippen LogP contribution in [0.5, 0.6) is 11.5 Å². The molecule has 0 bridgehead atoms. The normalized spacial score (nSPS) is 17.1. The predicted octanol–water partition coefficient (Wildman–Crippen LogP) is 3.55. The van der Waals surface area contributed by atoms with E-state index < -0.39 is 0 Å². The fraction of sp³-hybridized carbons (Fsp3) is 0.625. The summed E-state index contributed by atoms with van der Waals surface area (Å²) in [7, 11) is 0. The van der Waals surface area contributed by atoms with Gasteiger partial charge in [-0.05, 0) is 60.3 Å². The number of nitrogens with zero attached hydrogens (tertiary/aromatic N) is 1. The van der Waals surface area contributed by atoms with Crippen molar-refractivity contribution in [2.24, 2.45) is 0 Å². The fourth-order valence-corrected chi connectivity index (χ4v) is 3.20. The number of benzene rings is 1. The van der Waals surface area contributed by atoms with Gasteiger partial charge >= 0.3 is 0 Å².